The third-order valence-electron chi connectivity index (χ3n) is 2.55. The van der Waals surface area contributed by atoms with E-state index in [4.69, 9.17) is 4.74 Å². The third kappa shape index (κ3) is 3.09. The van der Waals surface area contributed by atoms with Crippen molar-refractivity contribution in [3.8, 4) is 0 Å². The molecule has 0 spiro atoms. The van der Waals surface area contributed by atoms with Gasteiger partial charge in [-0.25, -0.2) is 4.79 Å². The quantitative estimate of drug-likeness (QED) is 0.668. The summed E-state index contributed by atoms with van der Waals surface area (Å²) < 4.78 is 5.24. The van der Waals surface area contributed by atoms with Gasteiger partial charge in [0.1, 0.15) is 5.60 Å². The van der Waals surface area contributed by atoms with E-state index in [0.717, 1.165) is 0 Å². The number of carbonyl (C=O) groups excluding carboxylic acids is 1. The van der Waals surface area contributed by atoms with Gasteiger partial charge in [-0.05, 0) is 20.8 Å². The fourth-order valence-corrected chi connectivity index (χ4v) is 1.58. The maximum atomic E-state index is 11.7. The van der Waals surface area contributed by atoms with E-state index in [0.29, 0.717) is 13.1 Å². The molecule has 1 saturated heterocycles. The summed E-state index contributed by atoms with van der Waals surface area (Å²) in [7, 11) is 0. The van der Waals surface area contributed by atoms with E-state index in [9.17, 15) is 9.90 Å². The third-order valence-corrected chi connectivity index (χ3v) is 2.55. The molecule has 0 radical (unpaired) electrons. The molecule has 1 unspecified atom stereocenters. The van der Waals surface area contributed by atoms with Crippen LogP contribution in [0.15, 0.2) is 0 Å². The van der Waals surface area contributed by atoms with Crippen LogP contribution in [0.2, 0.25) is 0 Å². The first kappa shape index (κ1) is 12.3. The summed E-state index contributed by atoms with van der Waals surface area (Å²) >= 11 is 0. The maximum Gasteiger partial charge on any atom is 0.410 e. The molecule has 1 N–H and O–H groups in total. The summed E-state index contributed by atoms with van der Waals surface area (Å²) in [5, 5.41) is 9.73. The van der Waals surface area contributed by atoms with Crippen LogP contribution in [0.25, 0.3) is 0 Å². The summed E-state index contributed by atoms with van der Waals surface area (Å²) in [4.78, 5) is 13.3. The molecule has 1 rings (SSSR count). The molecular weight excluding hydrogens is 194 g/mol. The molecule has 1 fully saturated rings. The Morgan fingerprint density at radius 3 is 2.33 bits per heavy atom. The van der Waals surface area contributed by atoms with E-state index < -0.39 is 11.7 Å². The van der Waals surface area contributed by atoms with Gasteiger partial charge < -0.3 is 14.7 Å². The molecular formula is C11H21NO3. The second kappa shape index (κ2) is 3.67. The lowest BCUT2D eigenvalue weighted by Gasteiger charge is -2.25. The second-order valence-electron chi connectivity index (χ2n) is 5.87. The number of β-amino-alcohol motifs (C(OH)–C–C–N with tert-alkyl or cyclic N) is 1. The number of aliphatic hydroxyl groups excluding tert-OH is 1. The van der Waals surface area contributed by atoms with Crippen molar-refractivity contribution < 1.29 is 14.6 Å². The second-order valence-corrected chi connectivity index (χ2v) is 5.87. The van der Waals surface area contributed by atoms with Crippen LogP contribution in [0.5, 0.6) is 0 Å². The molecule has 1 atom stereocenters. The van der Waals surface area contributed by atoms with Crippen molar-refractivity contribution in [1.82, 2.24) is 4.90 Å². The van der Waals surface area contributed by atoms with Crippen LogP contribution in [-0.2, 0) is 4.74 Å². The summed E-state index contributed by atoms with van der Waals surface area (Å²) in [6.07, 6.45) is -0.808. The largest absolute Gasteiger partial charge is 0.444 e. The van der Waals surface area contributed by atoms with Gasteiger partial charge in [0.2, 0.25) is 0 Å². The molecule has 15 heavy (non-hydrogen) atoms. The van der Waals surface area contributed by atoms with Gasteiger partial charge in [-0.3, -0.25) is 0 Å². The van der Waals surface area contributed by atoms with Crippen LogP contribution >= 0.6 is 0 Å². The van der Waals surface area contributed by atoms with E-state index in [1.807, 2.05) is 34.6 Å². The average Bonchev–Trinajstić information content (AvgIpc) is 2.23. The highest BCUT2D eigenvalue weighted by Gasteiger charge is 2.41. The molecule has 1 aliphatic heterocycles. The van der Waals surface area contributed by atoms with Gasteiger partial charge >= 0.3 is 6.09 Å². The number of hydrogen-bond acceptors (Lipinski definition) is 3. The first-order valence-electron chi connectivity index (χ1n) is 5.28. The van der Waals surface area contributed by atoms with Crippen molar-refractivity contribution in [2.75, 3.05) is 13.1 Å². The zero-order valence-electron chi connectivity index (χ0n) is 10.2. The van der Waals surface area contributed by atoms with Crippen LogP contribution in [0.3, 0.4) is 0 Å². The van der Waals surface area contributed by atoms with Crippen LogP contribution in [0, 0.1) is 5.41 Å². The van der Waals surface area contributed by atoms with Crippen LogP contribution in [0.4, 0.5) is 4.79 Å². The Kier molecular flexibility index (Phi) is 3.01. The van der Waals surface area contributed by atoms with Gasteiger partial charge in [0, 0.05) is 12.0 Å². The molecule has 0 aromatic rings. The number of rotatable bonds is 0. The zero-order valence-corrected chi connectivity index (χ0v) is 10.2. The van der Waals surface area contributed by atoms with Crippen molar-refractivity contribution >= 4 is 6.09 Å². The Balaban J connectivity index is 2.58. The number of nitrogens with zero attached hydrogens (tertiary/aromatic N) is 1. The molecule has 0 aromatic carbocycles. The number of hydrogen-bond donors (Lipinski definition) is 1. The van der Waals surface area contributed by atoms with Gasteiger partial charge in [-0.15, -0.1) is 0 Å². The van der Waals surface area contributed by atoms with Gasteiger partial charge in [-0.2, -0.15) is 0 Å². The smallest absolute Gasteiger partial charge is 0.410 e. The van der Waals surface area contributed by atoms with E-state index in [1.54, 1.807) is 4.90 Å². The molecule has 1 heterocycles. The molecule has 1 amide bonds. The summed E-state index contributed by atoms with van der Waals surface area (Å²) in [5.74, 6) is 0. The minimum absolute atomic E-state index is 0.239. The highest BCUT2D eigenvalue weighted by molar-refractivity contribution is 5.68. The fourth-order valence-electron chi connectivity index (χ4n) is 1.58. The molecule has 0 aliphatic carbocycles. The topological polar surface area (TPSA) is 49.8 Å². The van der Waals surface area contributed by atoms with Gasteiger partial charge in [0.05, 0.1) is 12.6 Å². The van der Waals surface area contributed by atoms with Crippen molar-refractivity contribution in [3.63, 3.8) is 0 Å². The maximum absolute atomic E-state index is 11.7. The lowest BCUT2D eigenvalue weighted by Crippen LogP contribution is -2.36. The number of likely N-dealkylation sites (tertiary alicyclic amines) is 1. The standard InChI is InChI=1S/C11H21NO3/c1-10(2,3)15-9(14)12-6-8(13)11(4,5)7-12/h8,13H,6-7H2,1-5H3. The van der Waals surface area contributed by atoms with Gasteiger partial charge in [-0.1, -0.05) is 13.8 Å². The first-order chi connectivity index (χ1) is 6.62. The average molecular weight is 215 g/mol. The van der Waals surface area contributed by atoms with E-state index >= 15 is 0 Å². The Bertz CT molecular complexity index is 255. The lowest BCUT2D eigenvalue weighted by molar-refractivity contribution is 0.0269. The molecule has 88 valence electrons. The Morgan fingerprint density at radius 1 is 1.47 bits per heavy atom. The fraction of sp³-hybridized carbons (Fsp3) is 0.909. The normalized spacial score (nSPS) is 25.5. The van der Waals surface area contributed by atoms with E-state index in [-0.39, 0.29) is 11.5 Å². The predicted molar refractivity (Wildman–Crippen MR) is 57.6 cm³/mol. The minimum atomic E-state index is -0.477. The van der Waals surface area contributed by atoms with Crippen LogP contribution in [0.1, 0.15) is 34.6 Å². The van der Waals surface area contributed by atoms with Crippen molar-refractivity contribution in [2.45, 2.75) is 46.3 Å². The highest BCUT2D eigenvalue weighted by atomic mass is 16.6. The highest BCUT2D eigenvalue weighted by Crippen LogP contribution is 2.30. The lowest BCUT2D eigenvalue weighted by atomic mass is 9.90. The zero-order chi connectivity index (χ0) is 11.9. The minimum Gasteiger partial charge on any atom is -0.444 e. The van der Waals surface area contributed by atoms with E-state index in [1.165, 1.54) is 0 Å². The summed E-state index contributed by atoms with van der Waals surface area (Å²) in [5.41, 5.74) is -0.717. The van der Waals surface area contributed by atoms with Gasteiger partial charge in [0.15, 0.2) is 0 Å². The van der Waals surface area contributed by atoms with Crippen molar-refractivity contribution in [1.29, 1.82) is 0 Å². The van der Waals surface area contributed by atoms with Gasteiger partial charge in [0.25, 0.3) is 0 Å². The molecule has 0 aromatic heterocycles. The molecule has 1 aliphatic rings. The first-order valence-corrected chi connectivity index (χ1v) is 5.28. The Labute approximate surface area is 91.2 Å². The number of amides is 1. The van der Waals surface area contributed by atoms with E-state index in [2.05, 4.69) is 0 Å². The molecule has 0 bridgehead atoms. The van der Waals surface area contributed by atoms with Crippen LogP contribution < -0.4 is 0 Å². The summed E-state index contributed by atoms with van der Waals surface area (Å²) in [6, 6.07) is 0. The molecule has 0 saturated carbocycles. The number of ether oxygens (including phenoxy) is 1. The van der Waals surface area contributed by atoms with Crippen molar-refractivity contribution in [3.05, 3.63) is 0 Å². The predicted octanol–water partition coefficient (Wildman–Crippen LogP) is 1.62. The SMILES string of the molecule is CC(C)(C)OC(=O)N1CC(O)C(C)(C)C1. The number of aliphatic hydroxyl groups is 1. The Morgan fingerprint density at radius 2 is 2.00 bits per heavy atom. The molecule has 4 nitrogen and oxygen atoms in total. The van der Waals surface area contributed by atoms with Crippen LogP contribution in [-0.4, -0.2) is 40.9 Å². The Hall–Kier alpha value is -0.770. The number of carbonyl (C=O) groups is 1. The monoisotopic (exact) mass is 215 g/mol. The molecule has 4 heteroatoms. The summed E-state index contributed by atoms with van der Waals surface area (Å²) in [6.45, 7) is 10.3. The van der Waals surface area contributed by atoms with Crippen molar-refractivity contribution in [2.24, 2.45) is 5.41 Å².